The highest BCUT2D eigenvalue weighted by Gasteiger charge is 2.45. The van der Waals surface area contributed by atoms with Crippen molar-refractivity contribution in [3.63, 3.8) is 0 Å². The molecule has 3 nitrogen and oxygen atoms in total. The van der Waals surface area contributed by atoms with Crippen LogP contribution in [0.3, 0.4) is 0 Å². The molecule has 1 fully saturated rings. The van der Waals surface area contributed by atoms with E-state index in [1.54, 1.807) is 0 Å². The second-order valence-corrected chi connectivity index (χ2v) is 4.88. The fraction of sp³-hybridized carbons (Fsp3) is 1.00. The van der Waals surface area contributed by atoms with Crippen LogP contribution in [0.25, 0.3) is 0 Å². The molecule has 12 heavy (non-hydrogen) atoms. The zero-order chi connectivity index (χ0) is 9.41. The third-order valence-corrected chi connectivity index (χ3v) is 2.82. The molecule has 1 saturated heterocycles. The average molecular weight is 225 g/mol. The van der Waals surface area contributed by atoms with Crippen molar-refractivity contribution < 1.29 is 26.8 Å². The zero-order valence-electron chi connectivity index (χ0n) is 5.68. The summed E-state index contributed by atoms with van der Waals surface area (Å²) in [5, 5.41) is 0. The fourth-order valence-corrected chi connectivity index (χ4v) is 1.76. The Hall–Kier alpha value is 0.230. The molecular weight excluding hydrogens is 219 g/mol. The Bertz CT molecular complexity index is 206. The zero-order valence-corrected chi connectivity index (χ0v) is 7.33. The van der Waals surface area contributed by atoms with E-state index in [9.17, 15) is 17.7 Å². The van der Waals surface area contributed by atoms with Crippen LogP contribution in [0.2, 0.25) is 0 Å². The summed E-state index contributed by atoms with van der Waals surface area (Å²) in [5.41, 5.74) is 0. The van der Waals surface area contributed by atoms with Gasteiger partial charge >= 0.3 is 13.1 Å². The second kappa shape index (κ2) is 3.18. The predicted molar refractivity (Wildman–Crippen MR) is 34.9 cm³/mol. The maximum absolute atomic E-state index is 11.9. The SMILES string of the molecule is O=P1(Cl)OCC(C(F)(F)F)CO1. The predicted octanol–water partition coefficient (Wildman–Crippen LogP) is 2.56. The van der Waals surface area contributed by atoms with Crippen molar-refractivity contribution in [2.45, 2.75) is 6.18 Å². The van der Waals surface area contributed by atoms with Crippen molar-refractivity contribution in [2.75, 3.05) is 13.2 Å². The van der Waals surface area contributed by atoms with Gasteiger partial charge in [0, 0.05) is 11.2 Å². The van der Waals surface area contributed by atoms with Gasteiger partial charge < -0.3 is 0 Å². The smallest absolute Gasteiger partial charge is 0.296 e. The summed E-state index contributed by atoms with van der Waals surface area (Å²) in [6, 6.07) is 0. The summed E-state index contributed by atoms with van der Waals surface area (Å²) in [6.45, 7) is -5.13. The van der Waals surface area contributed by atoms with Gasteiger partial charge in [0.1, 0.15) is 5.92 Å². The van der Waals surface area contributed by atoms with Gasteiger partial charge in [-0.2, -0.15) is 13.2 Å². The van der Waals surface area contributed by atoms with E-state index in [0.717, 1.165) is 0 Å². The minimum Gasteiger partial charge on any atom is -0.296 e. The first-order valence-electron chi connectivity index (χ1n) is 2.97. The van der Waals surface area contributed by atoms with Crippen molar-refractivity contribution >= 4 is 18.2 Å². The van der Waals surface area contributed by atoms with Crippen LogP contribution >= 0.6 is 18.2 Å². The Labute approximate surface area is 71.1 Å². The van der Waals surface area contributed by atoms with Crippen LogP contribution in [0.15, 0.2) is 0 Å². The van der Waals surface area contributed by atoms with Crippen LogP contribution in [0.5, 0.6) is 0 Å². The molecule has 1 rings (SSSR count). The topological polar surface area (TPSA) is 35.5 Å². The third kappa shape index (κ3) is 2.62. The van der Waals surface area contributed by atoms with Gasteiger partial charge in [0.15, 0.2) is 0 Å². The van der Waals surface area contributed by atoms with Gasteiger partial charge in [0.2, 0.25) is 0 Å². The summed E-state index contributed by atoms with van der Waals surface area (Å²) in [5.74, 6) is -1.74. The van der Waals surface area contributed by atoms with Gasteiger partial charge in [0.05, 0.1) is 13.2 Å². The van der Waals surface area contributed by atoms with Crippen molar-refractivity contribution in [3.05, 3.63) is 0 Å². The standard InChI is InChI=1S/C4H5ClF3O3P/c5-12(9)10-1-3(2-11-12)4(6,7)8/h3H,1-2H2. The highest BCUT2D eigenvalue weighted by Crippen LogP contribution is 2.57. The number of hydrogen-bond donors (Lipinski definition) is 0. The van der Waals surface area contributed by atoms with Crippen molar-refractivity contribution in [2.24, 2.45) is 5.92 Å². The van der Waals surface area contributed by atoms with Gasteiger partial charge in [-0.3, -0.25) is 9.05 Å². The van der Waals surface area contributed by atoms with E-state index in [4.69, 9.17) is 11.2 Å². The van der Waals surface area contributed by atoms with E-state index in [2.05, 4.69) is 9.05 Å². The number of hydrogen-bond acceptors (Lipinski definition) is 3. The molecule has 0 aromatic carbocycles. The van der Waals surface area contributed by atoms with Crippen LogP contribution in [0.4, 0.5) is 13.2 Å². The third-order valence-electron chi connectivity index (χ3n) is 1.32. The number of alkyl halides is 3. The molecule has 8 heteroatoms. The summed E-state index contributed by atoms with van der Waals surface area (Å²) in [6.07, 6.45) is -4.39. The maximum atomic E-state index is 11.9. The Morgan fingerprint density at radius 3 is 2.08 bits per heavy atom. The highest BCUT2D eigenvalue weighted by atomic mass is 35.7. The minimum atomic E-state index is -4.39. The number of rotatable bonds is 0. The summed E-state index contributed by atoms with van der Waals surface area (Å²) >= 11 is 5.03. The maximum Gasteiger partial charge on any atom is 0.424 e. The summed E-state index contributed by atoms with van der Waals surface area (Å²) in [7, 11) is 0. The first-order valence-corrected chi connectivity index (χ1v) is 5.41. The molecule has 0 bridgehead atoms. The molecule has 0 aliphatic carbocycles. The summed E-state index contributed by atoms with van der Waals surface area (Å²) in [4.78, 5) is 0. The van der Waals surface area contributed by atoms with E-state index < -0.39 is 32.3 Å². The van der Waals surface area contributed by atoms with Gasteiger partial charge in [-0.25, -0.2) is 4.57 Å². The van der Waals surface area contributed by atoms with Crippen LogP contribution < -0.4 is 0 Å². The lowest BCUT2D eigenvalue weighted by atomic mass is 10.2. The Morgan fingerprint density at radius 1 is 1.33 bits per heavy atom. The number of halogens is 4. The van der Waals surface area contributed by atoms with E-state index in [0.29, 0.717) is 0 Å². The molecule has 0 unspecified atom stereocenters. The molecule has 0 amide bonds. The highest BCUT2D eigenvalue weighted by molar-refractivity contribution is 7.81. The molecule has 1 heterocycles. The quantitative estimate of drug-likeness (QED) is 0.593. The minimum absolute atomic E-state index is 0.704. The molecular formula is C4H5ClF3O3P. The Morgan fingerprint density at radius 2 is 1.75 bits per heavy atom. The van der Waals surface area contributed by atoms with Crippen molar-refractivity contribution in [3.8, 4) is 0 Å². The van der Waals surface area contributed by atoms with Crippen molar-refractivity contribution in [1.82, 2.24) is 0 Å². The molecule has 0 radical (unpaired) electrons. The normalized spacial score (nSPS) is 38.2. The molecule has 1 aliphatic rings. The molecule has 1 aliphatic heterocycles. The van der Waals surface area contributed by atoms with E-state index in [-0.39, 0.29) is 0 Å². The van der Waals surface area contributed by atoms with Gasteiger partial charge in [-0.15, -0.1) is 0 Å². The molecule has 72 valence electrons. The molecule has 0 N–H and O–H groups in total. The first-order chi connectivity index (χ1) is 5.31. The largest absolute Gasteiger partial charge is 0.424 e. The van der Waals surface area contributed by atoms with Crippen LogP contribution in [-0.2, 0) is 13.6 Å². The van der Waals surface area contributed by atoms with Crippen LogP contribution in [-0.4, -0.2) is 19.4 Å². The van der Waals surface area contributed by atoms with Crippen LogP contribution in [0.1, 0.15) is 0 Å². The Balaban J connectivity index is 2.53. The van der Waals surface area contributed by atoms with Gasteiger partial charge in [-0.05, 0) is 0 Å². The molecule has 0 spiro atoms. The van der Waals surface area contributed by atoms with Gasteiger partial charge in [-0.1, -0.05) is 0 Å². The molecule has 0 aromatic heterocycles. The molecule has 0 aromatic rings. The lowest BCUT2D eigenvalue weighted by Crippen LogP contribution is -2.33. The van der Waals surface area contributed by atoms with Gasteiger partial charge in [0.25, 0.3) is 0 Å². The monoisotopic (exact) mass is 224 g/mol. The second-order valence-electron chi connectivity index (χ2n) is 2.26. The van der Waals surface area contributed by atoms with E-state index in [1.165, 1.54) is 0 Å². The summed E-state index contributed by atoms with van der Waals surface area (Å²) < 4.78 is 54.7. The molecule has 0 atom stereocenters. The van der Waals surface area contributed by atoms with Crippen LogP contribution in [0, 0.1) is 5.92 Å². The Kier molecular flexibility index (Phi) is 2.73. The fourth-order valence-electron chi connectivity index (χ4n) is 0.632. The average Bonchev–Trinajstić information content (AvgIpc) is 1.83. The molecule has 0 saturated carbocycles. The van der Waals surface area contributed by atoms with E-state index in [1.807, 2.05) is 0 Å². The lowest BCUT2D eigenvalue weighted by Gasteiger charge is -2.26. The lowest BCUT2D eigenvalue weighted by molar-refractivity contribution is -0.195. The van der Waals surface area contributed by atoms with Crippen molar-refractivity contribution in [1.29, 1.82) is 0 Å². The first kappa shape index (κ1) is 10.3. The van der Waals surface area contributed by atoms with E-state index >= 15 is 0 Å².